The molecule has 1 aliphatic rings. The Morgan fingerprint density at radius 1 is 1.04 bits per heavy atom. The number of benzene rings is 1. The second-order valence-corrected chi connectivity index (χ2v) is 6.10. The summed E-state index contributed by atoms with van der Waals surface area (Å²) in [4.78, 5) is 13.8. The average molecular weight is 312 g/mol. The molecule has 0 bridgehead atoms. The van der Waals surface area contributed by atoms with Crippen LogP contribution in [0.3, 0.4) is 0 Å². The van der Waals surface area contributed by atoms with E-state index in [2.05, 4.69) is 40.8 Å². The van der Waals surface area contributed by atoms with Gasteiger partial charge < -0.3 is 14.5 Å². The molecule has 2 aromatic rings. The SMILES string of the molecule is COc1cccc(N2CCN(c3ccnc(C(C)C)n3)CC2)c1. The molecule has 1 fully saturated rings. The maximum Gasteiger partial charge on any atom is 0.133 e. The largest absolute Gasteiger partial charge is 0.497 e. The van der Waals surface area contributed by atoms with Crippen LogP contribution in [0.25, 0.3) is 0 Å². The normalized spacial score (nSPS) is 15.1. The molecule has 0 saturated carbocycles. The number of methoxy groups -OCH3 is 1. The van der Waals surface area contributed by atoms with Crippen molar-refractivity contribution in [3.63, 3.8) is 0 Å². The van der Waals surface area contributed by atoms with Crippen molar-refractivity contribution in [3.05, 3.63) is 42.4 Å². The highest BCUT2D eigenvalue weighted by atomic mass is 16.5. The Kier molecular flexibility index (Phi) is 4.65. The number of rotatable bonds is 4. The molecular weight excluding hydrogens is 288 g/mol. The van der Waals surface area contributed by atoms with Gasteiger partial charge in [0.2, 0.25) is 0 Å². The number of anilines is 2. The molecule has 2 heterocycles. The summed E-state index contributed by atoms with van der Waals surface area (Å²) in [5, 5.41) is 0. The minimum Gasteiger partial charge on any atom is -0.497 e. The maximum absolute atomic E-state index is 5.32. The van der Waals surface area contributed by atoms with Crippen molar-refractivity contribution < 1.29 is 4.74 Å². The van der Waals surface area contributed by atoms with Gasteiger partial charge in [-0.1, -0.05) is 19.9 Å². The molecule has 23 heavy (non-hydrogen) atoms. The van der Waals surface area contributed by atoms with E-state index < -0.39 is 0 Å². The van der Waals surface area contributed by atoms with Gasteiger partial charge in [-0.25, -0.2) is 9.97 Å². The number of piperazine rings is 1. The Balaban J connectivity index is 1.67. The van der Waals surface area contributed by atoms with E-state index in [0.717, 1.165) is 43.6 Å². The molecule has 1 aliphatic heterocycles. The second kappa shape index (κ2) is 6.86. The molecule has 0 spiro atoms. The summed E-state index contributed by atoms with van der Waals surface area (Å²) >= 11 is 0. The zero-order valence-electron chi connectivity index (χ0n) is 14.1. The molecule has 0 aliphatic carbocycles. The lowest BCUT2D eigenvalue weighted by atomic mass is 10.2. The molecule has 0 radical (unpaired) electrons. The third-order valence-electron chi connectivity index (χ3n) is 4.20. The summed E-state index contributed by atoms with van der Waals surface area (Å²) in [6.07, 6.45) is 1.87. The number of nitrogens with zero attached hydrogens (tertiary/aromatic N) is 4. The third-order valence-corrected chi connectivity index (χ3v) is 4.20. The Morgan fingerprint density at radius 3 is 2.48 bits per heavy atom. The van der Waals surface area contributed by atoms with Crippen LogP contribution in [-0.2, 0) is 0 Å². The molecular formula is C18H24N4O. The standard InChI is InChI=1S/C18H24N4O/c1-14(2)18-19-8-7-17(20-18)22-11-9-21(10-12-22)15-5-4-6-16(13-15)23-3/h4-8,13-14H,9-12H2,1-3H3. The average Bonchev–Trinajstić information content (AvgIpc) is 2.62. The smallest absolute Gasteiger partial charge is 0.133 e. The predicted octanol–water partition coefficient (Wildman–Crippen LogP) is 2.94. The van der Waals surface area contributed by atoms with Crippen molar-refractivity contribution in [2.24, 2.45) is 0 Å². The first-order valence-electron chi connectivity index (χ1n) is 8.14. The van der Waals surface area contributed by atoms with Crippen LogP contribution in [0, 0.1) is 0 Å². The fraction of sp³-hybridized carbons (Fsp3) is 0.444. The van der Waals surface area contributed by atoms with Gasteiger partial charge in [-0.3, -0.25) is 0 Å². The second-order valence-electron chi connectivity index (χ2n) is 6.10. The molecule has 0 N–H and O–H groups in total. The van der Waals surface area contributed by atoms with Crippen molar-refractivity contribution in [1.29, 1.82) is 0 Å². The highest BCUT2D eigenvalue weighted by Crippen LogP contribution is 2.23. The summed E-state index contributed by atoms with van der Waals surface area (Å²) in [7, 11) is 1.71. The molecule has 3 rings (SSSR count). The first-order chi connectivity index (χ1) is 11.2. The summed E-state index contributed by atoms with van der Waals surface area (Å²) < 4.78 is 5.32. The minimum atomic E-state index is 0.355. The van der Waals surface area contributed by atoms with Gasteiger partial charge in [0.1, 0.15) is 17.4 Å². The van der Waals surface area contributed by atoms with E-state index in [1.54, 1.807) is 7.11 Å². The molecule has 0 unspecified atom stereocenters. The molecule has 0 amide bonds. The van der Waals surface area contributed by atoms with Crippen molar-refractivity contribution in [2.45, 2.75) is 19.8 Å². The van der Waals surface area contributed by atoms with Crippen molar-refractivity contribution in [3.8, 4) is 5.75 Å². The number of aromatic nitrogens is 2. The lowest BCUT2D eigenvalue weighted by molar-refractivity contribution is 0.414. The third kappa shape index (κ3) is 3.55. The van der Waals surface area contributed by atoms with Crippen LogP contribution in [0.5, 0.6) is 5.75 Å². The Labute approximate surface area is 137 Å². The molecule has 122 valence electrons. The van der Waals surface area contributed by atoms with E-state index in [4.69, 9.17) is 9.72 Å². The molecule has 0 atom stereocenters. The van der Waals surface area contributed by atoms with Crippen molar-refractivity contribution in [2.75, 3.05) is 43.1 Å². The molecule has 1 aromatic carbocycles. The number of hydrogen-bond donors (Lipinski definition) is 0. The van der Waals surface area contributed by atoms with Crippen LogP contribution in [0.1, 0.15) is 25.6 Å². The summed E-state index contributed by atoms with van der Waals surface area (Å²) in [6.45, 7) is 8.14. The van der Waals surface area contributed by atoms with E-state index in [9.17, 15) is 0 Å². The van der Waals surface area contributed by atoms with Gasteiger partial charge in [0.15, 0.2) is 0 Å². The van der Waals surface area contributed by atoms with Crippen molar-refractivity contribution in [1.82, 2.24) is 9.97 Å². The van der Waals surface area contributed by atoms with Gasteiger partial charge in [0, 0.05) is 50.0 Å². The molecule has 1 aromatic heterocycles. The highest BCUT2D eigenvalue weighted by Gasteiger charge is 2.19. The van der Waals surface area contributed by atoms with Gasteiger partial charge in [-0.2, -0.15) is 0 Å². The monoisotopic (exact) mass is 312 g/mol. The Hall–Kier alpha value is -2.30. The summed E-state index contributed by atoms with van der Waals surface area (Å²) in [6, 6.07) is 10.3. The van der Waals surface area contributed by atoms with Gasteiger partial charge in [0.05, 0.1) is 7.11 Å². The van der Waals surface area contributed by atoms with E-state index >= 15 is 0 Å². The van der Waals surface area contributed by atoms with Crippen LogP contribution in [0.2, 0.25) is 0 Å². The molecule has 1 saturated heterocycles. The zero-order valence-corrected chi connectivity index (χ0v) is 14.1. The topological polar surface area (TPSA) is 41.5 Å². The maximum atomic E-state index is 5.32. The van der Waals surface area contributed by atoms with E-state index in [0.29, 0.717) is 5.92 Å². The van der Waals surface area contributed by atoms with Crippen LogP contribution in [0.4, 0.5) is 11.5 Å². The number of ether oxygens (including phenoxy) is 1. The van der Waals surface area contributed by atoms with Gasteiger partial charge in [0.25, 0.3) is 0 Å². The highest BCUT2D eigenvalue weighted by molar-refractivity contribution is 5.52. The minimum absolute atomic E-state index is 0.355. The molecule has 5 heteroatoms. The van der Waals surface area contributed by atoms with Crippen LogP contribution < -0.4 is 14.5 Å². The summed E-state index contributed by atoms with van der Waals surface area (Å²) in [5.41, 5.74) is 1.22. The predicted molar refractivity (Wildman–Crippen MR) is 93.5 cm³/mol. The van der Waals surface area contributed by atoms with E-state index in [1.165, 1.54) is 5.69 Å². The first-order valence-corrected chi connectivity index (χ1v) is 8.14. The van der Waals surface area contributed by atoms with E-state index in [1.807, 2.05) is 24.4 Å². The Bertz CT molecular complexity index is 651. The fourth-order valence-electron chi connectivity index (χ4n) is 2.82. The quantitative estimate of drug-likeness (QED) is 0.868. The lowest BCUT2D eigenvalue weighted by Crippen LogP contribution is -2.46. The van der Waals surface area contributed by atoms with Gasteiger partial charge in [-0.05, 0) is 18.2 Å². The van der Waals surface area contributed by atoms with E-state index in [-0.39, 0.29) is 0 Å². The van der Waals surface area contributed by atoms with Crippen LogP contribution >= 0.6 is 0 Å². The Morgan fingerprint density at radius 2 is 1.78 bits per heavy atom. The summed E-state index contributed by atoms with van der Waals surface area (Å²) in [5.74, 6) is 3.21. The van der Waals surface area contributed by atoms with Gasteiger partial charge in [-0.15, -0.1) is 0 Å². The van der Waals surface area contributed by atoms with Crippen LogP contribution in [0.15, 0.2) is 36.5 Å². The zero-order chi connectivity index (χ0) is 16.2. The fourth-order valence-corrected chi connectivity index (χ4v) is 2.82. The molecule has 5 nitrogen and oxygen atoms in total. The van der Waals surface area contributed by atoms with Crippen LogP contribution in [-0.4, -0.2) is 43.3 Å². The first kappa shape index (κ1) is 15.6. The number of hydrogen-bond acceptors (Lipinski definition) is 5. The van der Waals surface area contributed by atoms with Gasteiger partial charge >= 0.3 is 0 Å². The van der Waals surface area contributed by atoms with Crippen molar-refractivity contribution >= 4 is 11.5 Å². The lowest BCUT2D eigenvalue weighted by Gasteiger charge is -2.36.